The maximum Gasteiger partial charge on any atom is 0.138 e. The zero-order chi connectivity index (χ0) is 13.0. The number of nitrogens with zero attached hydrogens (tertiary/aromatic N) is 1. The Labute approximate surface area is 110 Å². The van der Waals surface area contributed by atoms with Gasteiger partial charge in [0.05, 0.1) is 5.69 Å². The predicted molar refractivity (Wildman–Crippen MR) is 73.5 cm³/mol. The molecule has 0 bridgehead atoms. The number of aryl methyl sites for hydroxylation is 2. The van der Waals surface area contributed by atoms with Crippen LogP contribution >= 0.6 is 0 Å². The molecule has 1 aromatic heterocycles. The van der Waals surface area contributed by atoms with E-state index in [0.29, 0.717) is 6.04 Å². The molecule has 1 atom stereocenters. The average Bonchev–Trinajstić information content (AvgIpc) is 2.68. The van der Waals surface area contributed by atoms with E-state index < -0.39 is 0 Å². The fourth-order valence-corrected chi connectivity index (χ4v) is 3.04. The minimum absolute atomic E-state index is 0.585. The van der Waals surface area contributed by atoms with Crippen LogP contribution < -0.4 is 5.32 Å². The van der Waals surface area contributed by atoms with E-state index in [9.17, 15) is 0 Å². The summed E-state index contributed by atoms with van der Waals surface area (Å²) in [6.45, 7) is 7.18. The van der Waals surface area contributed by atoms with Gasteiger partial charge in [-0.2, -0.15) is 0 Å². The summed E-state index contributed by atoms with van der Waals surface area (Å²) in [7, 11) is 0. The molecule has 2 rings (SSSR count). The van der Waals surface area contributed by atoms with Crippen LogP contribution in [0.15, 0.2) is 4.52 Å². The Morgan fingerprint density at radius 2 is 2.00 bits per heavy atom. The molecule has 18 heavy (non-hydrogen) atoms. The smallest absolute Gasteiger partial charge is 0.138 e. The molecule has 1 aromatic rings. The molecule has 0 aromatic carbocycles. The summed E-state index contributed by atoms with van der Waals surface area (Å²) in [5.74, 6) is 1.88. The van der Waals surface area contributed by atoms with E-state index in [1.54, 1.807) is 0 Å². The van der Waals surface area contributed by atoms with E-state index in [1.807, 2.05) is 13.8 Å². The van der Waals surface area contributed by atoms with Gasteiger partial charge in [0.25, 0.3) is 0 Å². The van der Waals surface area contributed by atoms with Gasteiger partial charge in [0.1, 0.15) is 5.76 Å². The van der Waals surface area contributed by atoms with E-state index in [0.717, 1.165) is 23.9 Å². The third-order valence-electron chi connectivity index (χ3n) is 4.22. The predicted octanol–water partition coefficient (Wildman–Crippen LogP) is 3.74. The molecule has 0 unspecified atom stereocenters. The van der Waals surface area contributed by atoms with E-state index in [2.05, 4.69) is 17.4 Å². The van der Waals surface area contributed by atoms with E-state index in [-0.39, 0.29) is 0 Å². The first kappa shape index (κ1) is 13.6. The molecule has 102 valence electrons. The van der Waals surface area contributed by atoms with Crippen LogP contribution in [-0.2, 0) is 6.54 Å². The second kappa shape index (κ2) is 6.37. The Morgan fingerprint density at radius 1 is 1.28 bits per heavy atom. The van der Waals surface area contributed by atoms with Crippen LogP contribution in [-0.4, -0.2) is 11.2 Å². The van der Waals surface area contributed by atoms with Gasteiger partial charge in [0.15, 0.2) is 0 Å². The third-order valence-corrected chi connectivity index (χ3v) is 4.22. The van der Waals surface area contributed by atoms with Crippen molar-refractivity contribution in [3.63, 3.8) is 0 Å². The maximum absolute atomic E-state index is 5.19. The number of hydrogen-bond donors (Lipinski definition) is 1. The van der Waals surface area contributed by atoms with Crippen LogP contribution in [0.25, 0.3) is 0 Å². The molecular formula is C15H26N2O. The van der Waals surface area contributed by atoms with Gasteiger partial charge in [-0.3, -0.25) is 0 Å². The fourth-order valence-electron chi connectivity index (χ4n) is 3.04. The molecule has 0 aliphatic heterocycles. The summed E-state index contributed by atoms with van der Waals surface area (Å²) in [6.07, 6.45) is 8.47. The van der Waals surface area contributed by atoms with Crippen molar-refractivity contribution in [1.82, 2.24) is 10.5 Å². The first-order chi connectivity index (χ1) is 8.66. The van der Waals surface area contributed by atoms with Gasteiger partial charge in [-0.15, -0.1) is 0 Å². The van der Waals surface area contributed by atoms with E-state index >= 15 is 0 Å². The quantitative estimate of drug-likeness (QED) is 0.865. The van der Waals surface area contributed by atoms with Gasteiger partial charge in [-0.1, -0.05) is 37.3 Å². The first-order valence-electron chi connectivity index (χ1n) is 7.32. The van der Waals surface area contributed by atoms with E-state index in [4.69, 9.17) is 4.52 Å². The number of nitrogens with one attached hydrogen (secondary N) is 1. The molecule has 3 heteroatoms. The summed E-state index contributed by atoms with van der Waals surface area (Å²) >= 11 is 0. The van der Waals surface area contributed by atoms with Crippen molar-refractivity contribution in [2.45, 2.75) is 71.9 Å². The van der Waals surface area contributed by atoms with Crippen molar-refractivity contribution < 1.29 is 4.52 Å². The SMILES string of the molecule is Cc1noc(C)c1CN[C@@H](C)CC1CCCCC1. The monoisotopic (exact) mass is 250 g/mol. The van der Waals surface area contributed by atoms with Gasteiger partial charge in [-0.25, -0.2) is 0 Å². The standard InChI is InChI=1S/C15H26N2O/c1-11(9-14-7-5-4-6-8-14)16-10-15-12(2)17-18-13(15)3/h11,14,16H,4-10H2,1-3H3/t11-/m0/s1. The highest BCUT2D eigenvalue weighted by Crippen LogP contribution is 2.27. The molecular weight excluding hydrogens is 224 g/mol. The molecule has 1 aliphatic rings. The van der Waals surface area contributed by atoms with Gasteiger partial charge >= 0.3 is 0 Å². The third kappa shape index (κ3) is 3.58. The molecule has 0 amide bonds. The first-order valence-corrected chi connectivity index (χ1v) is 7.32. The average molecular weight is 250 g/mol. The highest BCUT2D eigenvalue weighted by Gasteiger charge is 2.17. The largest absolute Gasteiger partial charge is 0.361 e. The normalized spacial score (nSPS) is 19.1. The van der Waals surface area contributed by atoms with Crippen LogP contribution in [0.1, 0.15) is 62.5 Å². The second-order valence-electron chi connectivity index (χ2n) is 5.82. The van der Waals surface area contributed by atoms with Crippen molar-refractivity contribution in [1.29, 1.82) is 0 Å². The maximum atomic E-state index is 5.19. The van der Waals surface area contributed by atoms with E-state index in [1.165, 1.54) is 44.1 Å². The highest BCUT2D eigenvalue weighted by molar-refractivity contribution is 5.20. The van der Waals surface area contributed by atoms with Crippen LogP contribution in [0.4, 0.5) is 0 Å². The molecule has 1 fully saturated rings. The van der Waals surface area contributed by atoms with Crippen molar-refractivity contribution in [3.8, 4) is 0 Å². The van der Waals surface area contributed by atoms with Gasteiger partial charge < -0.3 is 9.84 Å². The Hall–Kier alpha value is -0.830. The van der Waals surface area contributed by atoms with Crippen LogP contribution in [0.3, 0.4) is 0 Å². The summed E-state index contributed by atoms with van der Waals surface area (Å²) < 4.78 is 5.19. The Balaban J connectivity index is 1.75. The van der Waals surface area contributed by atoms with Gasteiger partial charge in [0.2, 0.25) is 0 Å². The molecule has 0 radical (unpaired) electrons. The summed E-state index contributed by atoms with van der Waals surface area (Å²) in [5, 5.41) is 7.61. The summed E-state index contributed by atoms with van der Waals surface area (Å²) in [4.78, 5) is 0. The molecule has 1 saturated carbocycles. The van der Waals surface area contributed by atoms with Crippen molar-refractivity contribution in [3.05, 3.63) is 17.0 Å². The lowest BCUT2D eigenvalue weighted by molar-refractivity contribution is 0.304. The zero-order valence-electron chi connectivity index (χ0n) is 12.0. The van der Waals surface area contributed by atoms with Crippen LogP contribution in [0.2, 0.25) is 0 Å². The lowest BCUT2D eigenvalue weighted by Gasteiger charge is -2.25. The molecule has 1 aliphatic carbocycles. The van der Waals surface area contributed by atoms with Gasteiger partial charge in [0, 0.05) is 18.2 Å². The van der Waals surface area contributed by atoms with Crippen molar-refractivity contribution in [2.75, 3.05) is 0 Å². The molecule has 1 heterocycles. The number of aromatic nitrogens is 1. The molecule has 0 spiro atoms. The minimum atomic E-state index is 0.585. The Kier molecular flexibility index (Phi) is 4.81. The highest BCUT2D eigenvalue weighted by atomic mass is 16.5. The molecule has 3 nitrogen and oxygen atoms in total. The molecule has 0 saturated heterocycles. The Bertz CT molecular complexity index is 347. The summed E-state index contributed by atoms with van der Waals surface area (Å²) in [6, 6.07) is 0.585. The van der Waals surface area contributed by atoms with Crippen molar-refractivity contribution in [2.24, 2.45) is 5.92 Å². The second-order valence-corrected chi connectivity index (χ2v) is 5.82. The van der Waals surface area contributed by atoms with Crippen LogP contribution in [0, 0.1) is 19.8 Å². The Morgan fingerprint density at radius 3 is 2.61 bits per heavy atom. The summed E-state index contributed by atoms with van der Waals surface area (Å²) in [5.41, 5.74) is 2.25. The molecule has 1 N–H and O–H groups in total. The fraction of sp³-hybridized carbons (Fsp3) is 0.800. The lowest BCUT2D eigenvalue weighted by Crippen LogP contribution is -2.28. The van der Waals surface area contributed by atoms with Crippen LogP contribution in [0.5, 0.6) is 0 Å². The zero-order valence-corrected chi connectivity index (χ0v) is 12.0. The number of hydrogen-bond acceptors (Lipinski definition) is 3. The minimum Gasteiger partial charge on any atom is -0.361 e. The number of rotatable bonds is 5. The van der Waals surface area contributed by atoms with Crippen molar-refractivity contribution >= 4 is 0 Å². The topological polar surface area (TPSA) is 38.1 Å². The lowest BCUT2D eigenvalue weighted by atomic mass is 9.85. The van der Waals surface area contributed by atoms with Gasteiger partial charge in [-0.05, 0) is 33.1 Å².